The van der Waals surface area contributed by atoms with Gasteiger partial charge in [-0.15, -0.1) is 11.3 Å². The van der Waals surface area contributed by atoms with Crippen molar-refractivity contribution in [2.45, 2.75) is 55.2 Å². The van der Waals surface area contributed by atoms with Gasteiger partial charge in [0.15, 0.2) is 6.61 Å². The third-order valence-electron chi connectivity index (χ3n) is 4.49. The van der Waals surface area contributed by atoms with Gasteiger partial charge in [0.2, 0.25) is 0 Å². The lowest BCUT2D eigenvalue weighted by Gasteiger charge is -2.22. The van der Waals surface area contributed by atoms with E-state index < -0.39 is 5.97 Å². The molecule has 0 aliphatic heterocycles. The molecule has 27 heavy (non-hydrogen) atoms. The second-order valence-electron chi connectivity index (χ2n) is 6.68. The van der Waals surface area contributed by atoms with Crippen molar-refractivity contribution >= 4 is 35.0 Å². The number of carbonyl (C=O) groups excluding carboxylic acids is 2. The maximum atomic E-state index is 12.5. The maximum absolute atomic E-state index is 12.5. The average molecular weight is 405 g/mol. The molecule has 1 aromatic carbocycles. The van der Waals surface area contributed by atoms with Gasteiger partial charge in [-0.3, -0.25) is 4.79 Å². The number of benzene rings is 1. The normalized spacial score (nSPS) is 14.7. The number of rotatable bonds is 7. The van der Waals surface area contributed by atoms with Gasteiger partial charge in [-0.1, -0.05) is 49.2 Å². The zero-order valence-corrected chi connectivity index (χ0v) is 17.0. The molecule has 0 unspecified atom stereocenters. The van der Waals surface area contributed by atoms with E-state index in [1.54, 1.807) is 35.2 Å². The predicted molar refractivity (Wildman–Crippen MR) is 108 cm³/mol. The molecule has 1 aromatic heterocycles. The van der Waals surface area contributed by atoms with Gasteiger partial charge in [-0.25, -0.2) is 9.78 Å². The molecule has 144 valence electrons. The number of carbonyl (C=O) groups is 2. The lowest BCUT2D eigenvalue weighted by Crippen LogP contribution is -2.38. The molecule has 0 saturated heterocycles. The van der Waals surface area contributed by atoms with Gasteiger partial charge in [-0.2, -0.15) is 0 Å². The van der Waals surface area contributed by atoms with Crippen molar-refractivity contribution in [2.24, 2.45) is 0 Å². The Morgan fingerprint density at radius 2 is 2.04 bits per heavy atom. The van der Waals surface area contributed by atoms with E-state index in [4.69, 9.17) is 4.74 Å². The summed E-state index contributed by atoms with van der Waals surface area (Å²) < 4.78 is 6.23. The first-order valence-corrected chi connectivity index (χ1v) is 11.1. The zero-order valence-electron chi connectivity index (χ0n) is 15.4. The fourth-order valence-electron chi connectivity index (χ4n) is 3.11. The van der Waals surface area contributed by atoms with E-state index in [9.17, 15) is 9.59 Å². The van der Waals surface area contributed by atoms with Crippen LogP contribution in [0.25, 0.3) is 0 Å². The van der Waals surface area contributed by atoms with E-state index in [0.717, 1.165) is 41.3 Å². The standard InChI is InChI=1S/C20H24N2O3S2/c1-14-12-26-20(21-14)27-13-15-7-5-6-10-17(15)19(24)25-11-18(23)22-16-8-3-2-4-9-16/h5-7,10,12,16H,2-4,8-9,11,13H2,1H3,(H,22,23). The molecule has 0 bridgehead atoms. The molecule has 3 rings (SSSR count). The Morgan fingerprint density at radius 3 is 2.78 bits per heavy atom. The summed E-state index contributed by atoms with van der Waals surface area (Å²) in [6.45, 7) is 1.73. The number of ether oxygens (including phenoxy) is 1. The van der Waals surface area contributed by atoms with Crippen LogP contribution in [0.4, 0.5) is 0 Å². The van der Waals surface area contributed by atoms with Crippen molar-refractivity contribution < 1.29 is 14.3 Å². The molecule has 1 aliphatic rings. The third-order valence-corrected chi connectivity index (χ3v) is 6.68. The predicted octanol–water partition coefficient (Wildman–Crippen LogP) is 4.35. The Labute approximate surface area is 167 Å². The number of aryl methyl sites for hydroxylation is 1. The zero-order chi connectivity index (χ0) is 19.1. The summed E-state index contributed by atoms with van der Waals surface area (Å²) >= 11 is 3.19. The smallest absolute Gasteiger partial charge is 0.338 e. The van der Waals surface area contributed by atoms with Crippen LogP contribution in [-0.4, -0.2) is 29.5 Å². The highest BCUT2D eigenvalue weighted by Crippen LogP contribution is 2.27. The summed E-state index contributed by atoms with van der Waals surface area (Å²) in [7, 11) is 0. The van der Waals surface area contributed by atoms with E-state index in [1.165, 1.54) is 6.42 Å². The van der Waals surface area contributed by atoms with Crippen LogP contribution in [0.2, 0.25) is 0 Å². The number of hydrogen-bond acceptors (Lipinski definition) is 6. The molecule has 1 saturated carbocycles. The number of thiazole rings is 1. The van der Waals surface area contributed by atoms with Gasteiger partial charge in [-0.05, 0) is 31.4 Å². The van der Waals surface area contributed by atoms with E-state index in [2.05, 4.69) is 10.3 Å². The van der Waals surface area contributed by atoms with Gasteiger partial charge in [0, 0.05) is 22.9 Å². The topological polar surface area (TPSA) is 68.3 Å². The van der Waals surface area contributed by atoms with Crippen molar-refractivity contribution in [2.75, 3.05) is 6.61 Å². The minimum atomic E-state index is -0.458. The minimum absolute atomic E-state index is 0.218. The molecule has 1 fully saturated rings. The molecular weight excluding hydrogens is 380 g/mol. The Hall–Kier alpha value is -1.86. The molecule has 5 nitrogen and oxygen atoms in total. The van der Waals surface area contributed by atoms with Crippen molar-refractivity contribution in [3.05, 3.63) is 46.5 Å². The summed E-state index contributed by atoms with van der Waals surface area (Å²) in [5.74, 6) is -0.0485. The molecule has 7 heteroatoms. The van der Waals surface area contributed by atoms with Crippen LogP contribution in [0.3, 0.4) is 0 Å². The van der Waals surface area contributed by atoms with Crippen LogP contribution in [-0.2, 0) is 15.3 Å². The molecule has 0 radical (unpaired) electrons. The van der Waals surface area contributed by atoms with Crippen molar-refractivity contribution in [1.82, 2.24) is 10.3 Å². The first-order valence-electron chi connectivity index (χ1n) is 9.21. The number of amides is 1. The Bertz CT molecular complexity index is 785. The minimum Gasteiger partial charge on any atom is -0.452 e. The van der Waals surface area contributed by atoms with Gasteiger partial charge < -0.3 is 10.1 Å². The Morgan fingerprint density at radius 1 is 1.26 bits per heavy atom. The van der Waals surface area contributed by atoms with Crippen LogP contribution in [0.15, 0.2) is 34.0 Å². The fourth-order valence-corrected chi connectivity index (χ4v) is 4.96. The van der Waals surface area contributed by atoms with E-state index in [-0.39, 0.29) is 18.6 Å². The van der Waals surface area contributed by atoms with Crippen molar-refractivity contribution in [3.8, 4) is 0 Å². The highest BCUT2D eigenvalue weighted by molar-refractivity contribution is 8.00. The monoisotopic (exact) mass is 404 g/mol. The number of thioether (sulfide) groups is 1. The quantitative estimate of drug-likeness (QED) is 0.549. The van der Waals surface area contributed by atoms with Crippen LogP contribution in [0.5, 0.6) is 0 Å². The Balaban J connectivity index is 1.52. The van der Waals surface area contributed by atoms with E-state index >= 15 is 0 Å². The number of aromatic nitrogens is 1. The first kappa shape index (κ1) is 19.9. The number of nitrogens with zero attached hydrogens (tertiary/aromatic N) is 1. The third kappa shape index (κ3) is 6.07. The highest BCUT2D eigenvalue weighted by Gasteiger charge is 2.18. The lowest BCUT2D eigenvalue weighted by atomic mass is 9.95. The Kier molecular flexibility index (Phi) is 7.29. The van der Waals surface area contributed by atoms with Crippen molar-refractivity contribution in [1.29, 1.82) is 0 Å². The van der Waals surface area contributed by atoms with Crippen LogP contribution in [0, 0.1) is 6.92 Å². The first-order chi connectivity index (χ1) is 13.1. The van der Waals surface area contributed by atoms with Crippen LogP contribution >= 0.6 is 23.1 Å². The summed E-state index contributed by atoms with van der Waals surface area (Å²) in [6, 6.07) is 7.57. The fraction of sp³-hybridized carbons (Fsp3) is 0.450. The molecule has 1 heterocycles. The summed E-state index contributed by atoms with van der Waals surface area (Å²) in [5.41, 5.74) is 2.39. The number of nitrogens with one attached hydrogen (secondary N) is 1. The van der Waals surface area contributed by atoms with E-state index in [0.29, 0.717) is 11.3 Å². The van der Waals surface area contributed by atoms with Gasteiger partial charge in [0.1, 0.15) is 4.34 Å². The van der Waals surface area contributed by atoms with E-state index in [1.807, 2.05) is 24.4 Å². The molecule has 2 aromatic rings. The molecule has 1 aliphatic carbocycles. The number of hydrogen-bond donors (Lipinski definition) is 1. The van der Waals surface area contributed by atoms with Gasteiger partial charge in [0.05, 0.1) is 5.56 Å². The molecule has 0 spiro atoms. The lowest BCUT2D eigenvalue weighted by molar-refractivity contribution is -0.125. The SMILES string of the molecule is Cc1csc(SCc2ccccc2C(=O)OCC(=O)NC2CCCCC2)n1. The summed E-state index contributed by atoms with van der Waals surface area (Å²) in [6.07, 6.45) is 5.55. The summed E-state index contributed by atoms with van der Waals surface area (Å²) in [4.78, 5) is 28.9. The largest absolute Gasteiger partial charge is 0.452 e. The van der Waals surface area contributed by atoms with Gasteiger partial charge >= 0.3 is 5.97 Å². The second kappa shape index (κ2) is 9.90. The number of esters is 1. The average Bonchev–Trinajstić information content (AvgIpc) is 3.11. The van der Waals surface area contributed by atoms with Crippen LogP contribution in [0.1, 0.15) is 53.7 Å². The van der Waals surface area contributed by atoms with Crippen molar-refractivity contribution in [3.63, 3.8) is 0 Å². The van der Waals surface area contributed by atoms with Crippen LogP contribution < -0.4 is 5.32 Å². The molecule has 0 atom stereocenters. The summed E-state index contributed by atoms with van der Waals surface area (Å²) in [5, 5.41) is 4.97. The molecule has 1 amide bonds. The van der Waals surface area contributed by atoms with Gasteiger partial charge in [0.25, 0.3) is 5.91 Å². The maximum Gasteiger partial charge on any atom is 0.338 e. The highest BCUT2D eigenvalue weighted by atomic mass is 32.2. The molecular formula is C20H24N2O3S2. The molecule has 1 N–H and O–H groups in total. The second-order valence-corrected chi connectivity index (χ2v) is 8.76.